The molecule has 1 unspecified atom stereocenters. The number of hydrogen-bond donors (Lipinski definition) is 1. The summed E-state index contributed by atoms with van der Waals surface area (Å²) in [5.41, 5.74) is 0.616. The lowest BCUT2D eigenvalue weighted by molar-refractivity contribution is 0.0620. The summed E-state index contributed by atoms with van der Waals surface area (Å²) in [6.07, 6.45) is 2.36. The number of fused-ring (bicyclic) bond motifs is 3. The number of aryl methyl sites for hydroxylation is 1. The second-order valence-corrected chi connectivity index (χ2v) is 6.75. The molecule has 1 N–H and O–H groups in total. The van der Waals surface area contributed by atoms with E-state index < -0.39 is 0 Å². The Morgan fingerprint density at radius 1 is 1.36 bits per heavy atom. The maximum absolute atomic E-state index is 12.6. The molecule has 0 saturated carbocycles. The number of rotatable bonds is 5. The summed E-state index contributed by atoms with van der Waals surface area (Å²) in [4.78, 5) is 15.0. The summed E-state index contributed by atoms with van der Waals surface area (Å²) in [7, 11) is 1.76. The molecule has 3 aliphatic rings. The molecule has 3 saturated heterocycles. The average Bonchev–Trinajstić information content (AvgIpc) is 3.06. The Morgan fingerprint density at radius 3 is 2.88 bits per heavy atom. The molecule has 1 atom stereocenters. The van der Waals surface area contributed by atoms with Crippen molar-refractivity contribution in [3.63, 3.8) is 0 Å². The molecule has 3 aliphatic heterocycles. The van der Waals surface area contributed by atoms with Crippen LogP contribution in [0.5, 0.6) is 5.75 Å². The summed E-state index contributed by atoms with van der Waals surface area (Å²) >= 11 is 0. The maximum atomic E-state index is 12.6. The van der Waals surface area contributed by atoms with Gasteiger partial charge in [-0.15, -0.1) is 5.10 Å². The molecule has 0 radical (unpaired) electrons. The lowest BCUT2D eigenvalue weighted by atomic mass is 9.84. The predicted octanol–water partition coefficient (Wildman–Crippen LogP) is 0.613. The number of aromatic nitrogens is 4. The van der Waals surface area contributed by atoms with Crippen molar-refractivity contribution in [3.05, 3.63) is 35.7 Å². The monoisotopic (exact) mass is 342 g/mol. The lowest BCUT2D eigenvalue weighted by Gasteiger charge is -2.44. The molecule has 8 heteroatoms. The number of nitrogens with one attached hydrogen (secondary N) is 1. The van der Waals surface area contributed by atoms with Gasteiger partial charge in [-0.2, -0.15) is 0 Å². The molecule has 1 aromatic heterocycles. The number of tetrazole rings is 1. The molecule has 0 aliphatic carbocycles. The number of amides is 1. The van der Waals surface area contributed by atoms with Gasteiger partial charge in [0.25, 0.3) is 5.91 Å². The molecular weight excluding hydrogens is 320 g/mol. The van der Waals surface area contributed by atoms with Gasteiger partial charge in [0.15, 0.2) is 5.82 Å². The fraction of sp³-hybridized carbons (Fsp3) is 0.529. The van der Waals surface area contributed by atoms with E-state index in [1.807, 2.05) is 18.2 Å². The average molecular weight is 342 g/mol. The minimum absolute atomic E-state index is 0.0375. The Kier molecular flexibility index (Phi) is 4.35. The molecule has 4 heterocycles. The standard InChI is InChI=1S/C17H22N6O2/c1-22-16(19-20-21-22)11-25-14-4-2-3-13(9-14)17(24)18-15-10-23-7-5-12(15)6-8-23/h2-4,9,12,15H,5-8,10-11H2,1H3,(H,18,24). The van der Waals surface area contributed by atoms with E-state index in [1.54, 1.807) is 17.8 Å². The molecule has 1 amide bonds. The maximum Gasteiger partial charge on any atom is 0.251 e. The normalized spacial score (nSPS) is 24.9. The molecule has 3 fully saturated rings. The molecule has 0 spiro atoms. The first kappa shape index (κ1) is 16.0. The van der Waals surface area contributed by atoms with Gasteiger partial charge in [-0.1, -0.05) is 6.07 Å². The molecule has 2 aromatic rings. The zero-order chi connectivity index (χ0) is 17.2. The zero-order valence-corrected chi connectivity index (χ0v) is 14.3. The summed E-state index contributed by atoms with van der Waals surface area (Å²) in [5.74, 6) is 1.83. The van der Waals surface area contributed by atoms with Gasteiger partial charge in [0, 0.05) is 25.2 Å². The van der Waals surface area contributed by atoms with Crippen LogP contribution < -0.4 is 10.1 Å². The highest BCUT2D eigenvalue weighted by molar-refractivity contribution is 5.94. The Morgan fingerprint density at radius 2 is 2.20 bits per heavy atom. The number of piperidine rings is 3. The zero-order valence-electron chi connectivity index (χ0n) is 14.3. The van der Waals surface area contributed by atoms with Crippen molar-refractivity contribution in [1.29, 1.82) is 0 Å². The van der Waals surface area contributed by atoms with E-state index in [0.29, 0.717) is 23.1 Å². The van der Waals surface area contributed by atoms with Gasteiger partial charge < -0.3 is 15.0 Å². The van der Waals surface area contributed by atoms with Gasteiger partial charge in [-0.25, -0.2) is 4.68 Å². The first-order valence-electron chi connectivity index (χ1n) is 8.66. The van der Waals surface area contributed by atoms with Crippen molar-refractivity contribution in [1.82, 2.24) is 30.4 Å². The number of benzene rings is 1. The highest BCUT2D eigenvalue weighted by Crippen LogP contribution is 2.27. The third kappa shape index (κ3) is 3.48. The van der Waals surface area contributed by atoms with E-state index in [9.17, 15) is 4.79 Å². The van der Waals surface area contributed by atoms with Gasteiger partial charge >= 0.3 is 0 Å². The molecule has 5 rings (SSSR count). The first-order chi connectivity index (χ1) is 12.2. The van der Waals surface area contributed by atoms with Crippen molar-refractivity contribution in [2.75, 3.05) is 19.6 Å². The number of ether oxygens (including phenoxy) is 1. The van der Waals surface area contributed by atoms with E-state index in [2.05, 4.69) is 25.7 Å². The SMILES string of the molecule is Cn1nnnc1COc1cccc(C(=O)NC2CN3CCC2CC3)c1. The Balaban J connectivity index is 1.38. The van der Waals surface area contributed by atoms with Crippen LogP contribution in [0.4, 0.5) is 0 Å². The molecular formula is C17H22N6O2. The van der Waals surface area contributed by atoms with Crippen LogP contribution in [0, 0.1) is 5.92 Å². The smallest absolute Gasteiger partial charge is 0.251 e. The second-order valence-electron chi connectivity index (χ2n) is 6.75. The topological polar surface area (TPSA) is 85.2 Å². The number of carbonyl (C=O) groups excluding carboxylic acids is 1. The molecule has 25 heavy (non-hydrogen) atoms. The summed E-state index contributed by atoms with van der Waals surface area (Å²) < 4.78 is 7.27. The third-order valence-corrected chi connectivity index (χ3v) is 5.14. The fourth-order valence-corrected chi connectivity index (χ4v) is 3.63. The van der Waals surface area contributed by atoms with E-state index in [1.165, 1.54) is 12.8 Å². The van der Waals surface area contributed by atoms with Crippen LogP contribution in [-0.2, 0) is 13.7 Å². The number of hydrogen-bond acceptors (Lipinski definition) is 6. The van der Waals surface area contributed by atoms with Crippen LogP contribution in [0.15, 0.2) is 24.3 Å². The Labute approximate surface area is 146 Å². The van der Waals surface area contributed by atoms with Crippen LogP contribution >= 0.6 is 0 Å². The van der Waals surface area contributed by atoms with Crippen LogP contribution in [0.2, 0.25) is 0 Å². The first-order valence-corrected chi connectivity index (χ1v) is 8.66. The number of carbonyl (C=O) groups is 1. The van der Waals surface area contributed by atoms with Crippen molar-refractivity contribution in [2.45, 2.75) is 25.5 Å². The second kappa shape index (κ2) is 6.79. The van der Waals surface area contributed by atoms with Crippen molar-refractivity contribution >= 4 is 5.91 Å². The summed E-state index contributed by atoms with van der Waals surface area (Å²) in [6, 6.07) is 7.49. The molecule has 1 aromatic carbocycles. The fourth-order valence-electron chi connectivity index (χ4n) is 3.63. The van der Waals surface area contributed by atoms with Crippen molar-refractivity contribution in [2.24, 2.45) is 13.0 Å². The van der Waals surface area contributed by atoms with E-state index in [-0.39, 0.29) is 18.6 Å². The summed E-state index contributed by atoms with van der Waals surface area (Å²) in [6.45, 7) is 3.55. The van der Waals surface area contributed by atoms with E-state index in [0.717, 1.165) is 19.6 Å². The van der Waals surface area contributed by atoms with Gasteiger partial charge in [0.1, 0.15) is 12.4 Å². The Hall–Kier alpha value is -2.48. The molecule has 2 bridgehead atoms. The number of nitrogens with zero attached hydrogens (tertiary/aromatic N) is 5. The molecule has 132 valence electrons. The van der Waals surface area contributed by atoms with Crippen LogP contribution in [-0.4, -0.2) is 56.7 Å². The van der Waals surface area contributed by atoms with Crippen molar-refractivity contribution in [3.8, 4) is 5.75 Å². The van der Waals surface area contributed by atoms with Crippen molar-refractivity contribution < 1.29 is 9.53 Å². The minimum atomic E-state index is -0.0375. The van der Waals surface area contributed by atoms with E-state index in [4.69, 9.17) is 4.74 Å². The highest BCUT2D eigenvalue weighted by Gasteiger charge is 2.34. The van der Waals surface area contributed by atoms with Gasteiger partial charge in [-0.05, 0) is 60.5 Å². The molecule has 8 nitrogen and oxygen atoms in total. The van der Waals surface area contributed by atoms with Gasteiger partial charge in [0.05, 0.1) is 0 Å². The highest BCUT2D eigenvalue weighted by atomic mass is 16.5. The van der Waals surface area contributed by atoms with Gasteiger partial charge in [-0.3, -0.25) is 4.79 Å². The lowest BCUT2D eigenvalue weighted by Crippen LogP contribution is -2.57. The van der Waals surface area contributed by atoms with Gasteiger partial charge in [0.2, 0.25) is 0 Å². The Bertz CT molecular complexity index is 753. The summed E-state index contributed by atoms with van der Waals surface area (Å²) in [5, 5.41) is 14.4. The van der Waals surface area contributed by atoms with Crippen LogP contribution in [0.1, 0.15) is 29.0 Å². The third-order valence-electron chi connectivity index (χ3n) is 5.14. The minimum Gasteiger partial charge on any atom is -0.486 e. The predicted molar refractivity (Wildman–Crippen MR) is 90.0 cm³/mol. The quantitative estimate of drug-likeness (QED) is 0.857. The largest absolute Gasteiger partial charge is 0.486 e. The van der Waals surface area contributed by atoms with E-state index >= 15 is 0 Å². The van der Waals surface area contributed by atoms with Crippen LogP contribution in [0.25, 0.3) is 0 Å². The van der Waals surface area contributed by atoms with Crippen LogP contribution in [0.3, 0.4) is 0 Å².